The number of benzene rings is 2. The van der Waals surface area contributed by atoms with Crippen molar-refractivity contribution in [3.63, 3.8) is 0 Å². The standard InChI is InChI=1S/C22H25N3O4/c1-16-13-18-14-19(9-10-20(18)29-16)24-21(23)25-22(26)28-12-6-5-11-27-15-17-7-3-2-4-8-17/h2-4,7-10,13-14H,5-6,11-12,15H2,1H3,(H3,23,24,25,26). The molecule has 0 unspecified atom stereocenters. The highest BCUT2D eigenvalue weighted by atomic mass is 16.5. The number of aryl methyl sites for hydroxylation is 1. The molecular weight excluding hydrogens is 370 g/mol. The van der Waals surface area contributed by atoms with Crippen LogP contribution in [-0.4, -0.2) is 25.3 Å². The van der Waals surface area contributed by atoms with Gasteiger partial charge in [0.2, 0.25) is 5.96 Å². The van der Waals surface area contributed by atoms with Gasteiger partial charge in [-0.3, -0.25) is 5.32 Å². The van der Waals surface area contributed by atoms with Crippen molar-refractivity contribution in [2.24, 2.45) is 10.7 Å². The molecule has 152 valence electrons. The second-order valence-corrected chi connectivity index (χ2v) is 6.58. The summed E-state index contributed by atoms with van der Waals surface area (Å²) in [4.78, 5) is 16.0. The fourth-order valence-electron chi connectivity index (χ4n) is 2.78. The lowest BCUT2D eigenvalue weighted by atomic mass is 10.2. The van der Waals surface area contributed by atoms with Gasteiger partial charge in [0.05, 0.1) is 18.9 Å². The maximum absolute atomic E-state index is 11.8. The summed E-state index contributed by atoms with van der Waals surface area (Å²) in [5, 5.41) is 3.34. The average Bonchev–Trinajstić information content (AvgIpc) is 3.07. The minimum atomic E-state index is -0.628. The van der Waals surface area contributed by atoms with Gasteiger partial charge in [0, 0.05) is 12.0 Å². The van der Waals surface area contributed by atoms with Crippen molar-refractivity contribution in [3.8, 4) is 0 Å². The van der Waals surface area contributed by atoms with E-state index in [0.29, 0.717) is 25.3 Å². The van der Waals surface area contributed by atoms with Crippen LogP contribution in [0.25, 0.3) is 11.0 Å². The molecule has 1 heterocycles. The Morgan fingerprint density at radius 3 is 2.72 bits per heavy atom. The van der Waals surface area contributed by atoms with Crippen molar-refractivity contribution in [2.45, 2.75) is 26.4 Å². The van der Waals surface area contributed by atoms with Gasteiger partial charge < -0.3 is 19.6 Å². The van der Waals surface area contributed by atoms with Crippen LogP contribution in [0.2, 0.25) is 0 Å². The maximum atomic E-state index is 11.8. The number of nitrogens with one attached hydrogen (secondary N) is 1. The Bertz CT molecular complexity index is 967. The third kappa shape index (κ3) is 6.65. The first-order valence-electron chi connectivity index (χ1n) is 9.50. The number of carbonyl (C=O) groups excluding carboxylic acids is 1. The first-order valence-corrected chi connectivity index (χ1v) is 9.50. The second-order valence-electron chi connectivity index (χ2n) is 6.58. The Labute approximate surface area is 169 Å². The van der Waals surface area contributed by atoms with Crippen molar-refractivity contribution < 1.29 is 18.7 Å². The Morgan fingerprint density at radius 2 is 1.90 bits per heavy atom. The van der Waals surface area contributed by atoms with Crippen LogP contribution in [0.1, 0.15) is 24.2 Å². The molecule has 0 spiro atoms. The van der Waals surface area contributed by atoms with Crippen molar-refractivity contribution in [1.29, 1.82) is 0 Å². The number of unbranched alkanes of at least 4 members (excludes halogenated alkanes) is 1. The molecule has 29 heavy (non-hydrogen) atoms. The molecule has 7 nitrogen and oxygen atoms in total. The molecule has 3 rings (SSSR count). The Kier molecular flexibility index (Phi) is 7.24. The molecule has 0 saturated heterocycles. The van der Waals surface area contributed by atoms with E-state index in [1.54, 1.807) is 6.07 Å². The number of carbonyl (C=O) groups is 1. The highest BCUT2D eigenvalue weighted by Crippen LogP contribution is 2.24. The molecule has 0 aliphatic heterocycles. The molecule has 1 amide bonds. The first-order chi connectivity index (χ1) is 14.1. The molecule has 7 heteroatoms. The smallest absolute Gasteiger partial charge is 0.413 e. The summed E-state index contributed by atoms with van der Waals surface area (Å²) in [6.45, 7) is 3.36. The molecular formula is C22H25N3O4. The number of hydrogen-bond acceptors (Lipinski definition) is 5. The van der Waals surface area contributed by atoms with Crippen LogP contribution in [0.3, 0.4) is 0 Å². The Morgan fingerprint density at radius 1 is 1.10 bits per heavy atom. The maximum Gasteiger partial charge on any atom is 0.413 e. The number of amides is 1. The first kappa shape index (κ1) is 20.4. The summed E-state index contributed by atoms with van der Waals surface area (Å²) in [5.41, 5.74) is 8.31. The molecule has 0 atom stereocenters. The van der Waals surface area contributed by atoms with Crippen molar-refractivity contribution >= 4 is 28.7 Å². The lowest BCUT2D eigenvalue weighted by Gasteiger charge is -2.07. The van der Waals surface area contributed by atoms with Crippen LogP contribution in [0.15, 0.2) is 64.0 Å². The molecule has 0 fully saturated rings. The Hall–Kier alpha value is -3.32. The fourth-order valence-corrected chi connectivity index (χ4v) is 2.78. The zero-order valence-electron chi connectivity index (χ0n) is 16.4. The van der Waals surface area contributed by atoms with E-state index in [-0.39, 0.29) is 12.6 Å². The van der Waals surface area contributed by atoms with Gasteiger partial charge in [-0.2, -0.15) is 0 Å². The van der Waals surface area contributed by atoms with Gasteiger partial charge in [-0.15, -0.1) is 0 Å². The molecule has 1 aromatic heterocycles. The van der Waals surface area contributed by atoms with Crippen LogP contribution in [0.4, 0.5) is 10.5 Å². The van der Waals surface area contributed by atoms with Crippen LogP contribution in [0, 0.1) is 6.92 Å². The van der Waals surface area contributed by atoms with E-state index in [1.165, 1.54) is 0 Å². The van der Waals surface area contributed by atoms with E-state index < -0.39 is 6.09 Å². The van der Waals surface area contributed by atoms with E-state index in [1.807, 2.05) is 55.5 Å². The highest BCUT2D eigenvalue weighted by Gasteiger charge is 2.05. The lowest BCUT2D eigenvalue weighted by molar-refractivity contribution is 0.107. The largest absolute Gasteiger partial charge is 0.461 e. The minimum absolute atomic E-state index is 0.0271. The predicted molar refractivity (Wildman–Crippen MR) is 112 cm³/mol. The number of aliphatic imine (C=N–C) groups is 1. The van der Waals surface area contributed by atoms with Gasteiger partial charge in [0.15, 0.2) is 0 Å². The number of fused-ring (bicyclic) bond motifs is 1. The second kappa shape index (κ2) is 10.3. The zero-order chi connectivity index (χ0) is 20.5. The Balaban J connectivity index is 1.32. The number of nitrogens with zero attached hydrogens (tertiary/aromatic N) is 1. The van der Waals surface area contributed by atoms with Crippen LogP contribution in [-0.2, 0) is 16.1 Å². The van der Waals surface area contributed by atoms with Crippen molar-refractivity contribution in [1.82, 2.24) is 5.32 Å². The van der Waals surface area contributed by atoms with E-state index in [0.717, 1.165) is 28.7 Å². The summed E-state index contributed by atoms with van der Waals surface area (Å²) in [6.07, 6.45) is 0.875. The van der Waals surface area contributed by atoms with Crippen molar-refractivity contribution in [3.05, 3.63) is 65.9 Å². The number of rotatable bonds is 8. The van der Waals surface area contributed by atoms with Gasteiger partial charge in [-0.1, -0.05) is 30.3 Å². The number of furan rings is 1. The monoisotopic (exact) mass is 395 g/mol. The quantitative estimate of drug-likeness (QED) is 0.334. The molecule has 0 aliphatic rings. The summed E-state index contributed by atoms with van der Waals surface area (Å²) >= 11 is 0. The number of alkyl carbamates (subject to hydrolysis) is 1. The van der Waals surface area contributed by atoms with Gasteiger partial charge in [0.25, 0.3) is 0 Å². The molecule has 3 aromatic rings. The molecule has 0 bridgehead atoms. The van der Waals surface area contributed by atoms with Gasteiger partial charge in [-0.05, 0) is 49.6 Å². The van der Waals surface area contributed by atoms with Crippen LogP contribution in [0.5, 0.6) is 0 Å². The number of hydrogen-bond donors (Lipinski definition) is 2. The SMILES string of the molecule is Cc1cc2cc(N=C(N)NC(=O)OCCCCOCc3ccccc3)ccc2o1. The van der Waals surface area contributed by atoms with E-state index in [2.05, 4.69) is 10.3 Å². The van der Waals surface area contributed by atoms with Gasteiger partial charge in [-0.25, -0.2) is 9.79 Å². The van der Waals surface area contributed by atoms with Crippen molar-refractivity contribution in [2.75, 3.05) is 13.2 Å². The summed E-state index contributed by atoms with van der Waals surface area (Å²) in [6, 6.07) is 17.3. The lowest BCUT2D eigenvalue weighted by Crippen LogP contribution is -2.37. The minimum Gasteiger partial charge on any atom is -0.461 e. The van der Waals surface area contributed by atoms with E-state index in [4.69, 9.17) is 19.6 Å². The van der Waals surface area contributed by atoms with E-state index >= 15 is 0 Å². The van der Waals surface area contributed by atoms with Gasteiger partial charge >= 0.3 is 6.09 Å². The van der Waals surface area contributed by atoms with Crippen LogP contribution < -0.4 is 11.1 Å². The summed E-state index contributed by atoms with van der Waals surface area (Å²) in [5.74, 6) is 0.794. The molecule has 0 aliphatic carbocycles. The summed E-state index contributed by atoms with van der Waals surface area (Å²) in [7, 11) is 0. The molecule has 0 saturated carbocycles. The van der Waals surface area contributed by atoms with Crippen LogP contribution >= 0.6 is 0 Å². The molecule has 3 N–H and O–H groups in total. The third-order valence-corrected chi connectivity index (χ3v) is 4.13. The summed E-state index contributed by atoms with van der Waals surface area (Å²) < 4.78 is 16.2. The zero-order valence-corrected chi connectivity index (χ0v) is 16.4. The molecule has 2 aromatic carbocycles. The average molecular weight is 395 g/mol. The van der Waals surface area contributed by atoms with Gasteiger partial charge in [0.1, 0.15) is 11.3 Å². The van der Waals surface area contributed by atoms with E-state index in [9.17, 15) is 4.79 Å². The highest BCUT2D eigenvalue weighted by molar-refractivity contribution is 5.94. The number of guanidine groups is 1. The molecule has 0 radical (unpaired) electrons. The fraction of sp³-hybridized carbons (Fsp3) is 0.273. The predicted octanol–water partition coefficient (Wildman–Crippen LogP) is 4.41. The normalized spacial score (nSPS) is 11.6. The number of nitrogens with two attached hydrogens (primary N) is 1. The number of ether oxygens (including phenoxy) is 2. The topological polar surface area (TPSA) is 99.1 Å². The third-order valence-electron chi connectivity index (χ3n) is 4.13.